The number of aliphatic hydroxyl groups excluding tert-OH is 1. The predicted molar refractivity (Wildman–Crippen MR) is 92.4 cm³/mol. The Balaban J connectivity index is 0.000000541. The second-order valence-electron chi connectivity index (χ2n) is 4.84. The first-order chi connectivity index (χ1) is 10.9. The van der Waals surface area contributed by atoms with E-state index in [0.29, 0.717) is 6.54 Å². The Morgan fingerprint density at radius 2 is 1.09 bits per heavy atom. The fourth-order valence-electron chi connectivity index (χ4n) is 1.83. The summed E-state index contributed by atoms with van der Waals surface area (Å²) in [5, 5.41) is 14.6. The first kappa shape index (κ1) is 18.3. The second kappa shape index (κ2) is 13.0. The van der Waals surface area contributed by atoms with Crippen LogP contribution >= 0.6 is 0 Å². The zero-order chi connectivity index (χ0) is 15.9. The standard InChI is InChI=1S/C16H20N2.C2H7NO/c1-3-7-15(8-4-1)13-17-11-12-18-14-16-9-5-2-6-10-16;3-1-2-4/h1-10,17-18H,11-14H2;4H,1-3H2. The number of aliphatic hydroxyl groups is 1. The minimum absolute atomic E-state index is 0.0972. The molecule has 2 aromatic carbocycles. The van der Waals surface area contributed by atoms with Gasteiger partial charge in [0.25, 0.3) is 0 Å². The number of nitrogens with two attached hydrogens (primary N) is 1. The molecule has 5 N–H and O–H groups in total. The average Bonchev–Trinajstić information content (AvgIpc) is 2.60. The Morgan fingerprint density at radius 1 is 0.727 bits per heavy atom. The highest BCUT2D eigenvalue weighted by Crippen LogP contribution is 1.97. The monoisotopic (exact) mass is 301 g/mol. The van der Waals surface area contributed by atoms with Crippen molar-refractivity contribution in [3.05, 3.63) is 71.8 Å². The van der Waals surface area contributed by atoms with E-state index >= 15 is 0 Å². The van der Waals surface area contributed by atoms with Crippen LogP contribution < -0.4 is 16.4 Å². The minimum Gasteiger partial charge on any atom is -0.395 e. The normalized spacial score (nSPS) is 9.91. The third kappa shape index (κ3) is 9.26. The molecule has 4 heteroatoms. The van der Waals surface area contributed by atoms with Crippen LogP contribution in [0.3, 0.4) is 0 Å². The van der Waals surface area contributed by atoms with Crippen LogP contribution in [0.25, 0.3) is 0 Å². The number of hydrogen-bond acceptors (Lipinski definition) is 4. The molecule has 120 valence electrons. The van der Waals surface area contributed by atoms with Crippen molar-refractivity contribution in [1.29, 1.82) is 0 Å². The van der Waals surface area contributed by atoms with Crippen molar-refractivity contribution in [1.82, 2.24) is 10.6 Å². The smallest absolute Gasteiger partial charge is 0.0553 e. The van der Waals surface area contributed by atoms with Crippen LogP contribution in [0.1, 0.15) is 11.1 Å². The van der Waals surface area contributed by atoms with Crippen molar-refractivity contribution in [2.24, 2.45) is 5.73 Å². The second-order valence-corrected chi connectivity index (χ2v) is 4.84. The van der Waals surface area contributed by atoms with Gasteiger partial charge in [-0.1, -0.05) is 60.7 Å². The maximum Gasteiger partial charge on any atom is 0.0553 e. The maximum atomic E-state index is 7.75. The topological polar surface area (TPSA) is 70.3 Å². The lowest BCUT2D eigenvalue weighted by molar-refractivity contribution is 0.306. The van der Waals surface area contributed by atoms with Crippen LogP contribution in [0.15, 0.2) is 60.7 Å². The fraction of sp³-hybridized carbons (Fsp3) is 0.333. The summed E-state index contributed by atoms with van der Waals surface area (Å²) in [5.41, 5.74) is 7.45. The Labute approximate surface area is 133 Å². The van der Waals surface area contributed by atoms with Crippen molar-refractivity contribution < 1.29 is 5.11 Å². The number of rotatable bonds is 8. The van der Waals surface area contributed by atoms with Crippen LogP contribution in [0, 0.1) is 0 Å². The van der Waals surface area contributed by atoms with Gasteiger partial charge in [0, 0.05) is 32.7 Å². The summed E-state index contributed by atoms with van der Waals surface area (Å²) in [4.78, 5) is 0. The first-order valence-electron chi connectivity index (χ1n) is 7.67. The molecule has 0 amide bonds. The lowest BCUT2D eigenvalue weighted by Gasteiger charge is -2.06. The zero-order valence-electron chi connectivity index (χ0n) is 13.0. The van der Waals surface area contributed by atoms with E-state index in [1.807, 2.05) is 12.1 Å². The van der Waals surface area contributed by atoms with Gasteiger partial charge < -0.3 is 21.5 Å². The Hall–Kier alpha value is -1.72. The molecule has 4 nitrogen and oxygen atoms in total. The highest BCUT2D eigenvalue weighted by molar-refractivity contribution is 5.15. The molecule has 0 saturated heterocycles. The molecule has 2 rings (SSSR count). The SMILES string of the molecule is NCCO.c1ccc(CNCCNCc2ccccc2)cc1. The molecule has 0 aromatic heterocycles. The molecule has 0 spiro atoms. The van der Waals surface area contributed by atoms with E-state index in [2.05, 4.69) is 59.2 Å². The molecule has 0 aliphatic rings. The molecule has 0 radical (unpaired) electrons. The summed E-state index contributed by atoms with van der Waals surface area (Å²) in [7, 11) is 0. The highest BCUT2D eigenvalue weighted by Gasteiger charge is 1.92. The largest absolute Gasteiger partial charge is 0.395 e. The Kier molecular flexibility index (Phi) is 10.8. The van der Waals surface area contributed by atoms with E-state index in [9.17, 15) is 0 Å². The quantitative estimate of drug-likeness (QED) is 0.558. The van der Waals surface area contributed by atoms with Crippen LogP contribution in [-0.4, -0.2) is 31.3 Å². The number of nitrogens with one attached hydrogen (secondary N) is 2. The lowest BCUT2D eigenvalue weighted by atomic mass is 10.2. The summed E-state index contributed by atoms with van der Waals surface area (Å²) in [6, 6.07) is 21.0. The molecular weight excluding hydrogens is 274 g/mol. The molecule has 0 heterocycles. The van der Waals surface area contributed by atoms with Crippen molar-refractivity contribution in [2.75, 3.05) is 26.2 Å². The van der Waals surface area contributed by atoms with E-state index in [0.717, 1.165) is 26.2 Å². The van der Waals surface area contributed by atoms with Crippen LogP contribution in [0.5, 0.6) is 0 Å². The first-order valence-corrected chi connectivity index (χ1v) is 7.67. The highest BCUT2D eigenvalue weighted by atomic mass is 16.3. The van der Waals surface area contributed by atoms with Gasteiger partial charge in [0.2, 0.25) is 0 Å². The van der Waals surface area contributed by atoms with Gasteiger partial charge in [0.15, 0.2) is 0 Å². The molecule has 0 fully saturated rings. The van der Waals surface area contributed by atoms with Gasteiger partial charge in [-0.05, 0) is 11.1 Å². The van der Waals surface area contributed by atoms with Gasteiger partial charge in [-0.25, -0.2) is 0 Å². The summed E-state index contributed by atoms with van der Waals surface area (Å²) in [5.74, 6) is 0. The lowest BCUT2D eigenvalue weighted by Crippen LogP contribution is -2.26. The third-order valence-corrected chi connectivity index (χ3v) is 2.95. The molecular formula is C18H27N3O. The van der Waals surface area contributed by atoms with E-state index in [1.165, 1.54) is 11.1 Å². The Morgan fingerprint density at radius 3 is 1.41 bits per heavy atom. The van der Waals surface area contributed by atoms with E-state index in [-0.39, 0.29) is 6.61 Å². The van der Waals surface area contributed by atoms with Crippen molar-refractivity contribution in [3.63, 3.8) is 0 Å². The molecule has 0 bridgehead atoms. The van der Waals surface area contributed by atoms with Gasteiger partial charge in [0.1, 0.15) is 0 Å². The molecule has 0 aliphatic heterocycles. The molecule has 0 unspecified atom stereocenters. The van der Waals surface area contributed by atoms with E-state index in [4.69, 9.17) is 10.8 Å². The van der Waals surface area contributed by atoms with Gasteiger partial charge in [-0.3, -0.25) is 0 Å². The summed E-state index contributed by atoms with van der Waals surface area (Å²) < 4.78 is 0. The van der Waals surface area contributed by atoms with Crippen LogP contribution in [0.2, 0.25) is 0 Å². The van der Waals surface area contributed by atoms with Gasteiger partial charge in [0.05, 0.1) is 6.61 Å². The van der Waals surface area contributed by atoms with Crippen molar-refractivity contribution in [3.8, 4) is 0 Å². The van der Waals surface area contributed by atoms with Gasteiger partial charge in [-0.2, -0.15) is 0 Å². The minimum atomic E-state index is 0.0972. The predicted octanol–water partition coefficient (Wildman–Crippen LogP) is 1.50. The summed E-state index contributed by atoms with van der Waals surface area (Å²) >= 11 is 0. The van der Waals surface area contributed by atoms with E-state index in [1.54, 1.807) is 0 Å². The third-order valence-electron chi connectivity index (χ3n) is 2.95. The number of hydrogen-bond donors (Lipinski definition) is 4. The number of benzene rings is 2. The zero-order valence-corrected chi connectivity index (χ0v) is 13.0. The van der Waals surface area contributed by atoms with Gasteiger partial charge >= 0.3 is 0 Å². The molecule has 2 aromatic rings. The molecule has 0 aliphatic carbocycles. The van der Waals surface area contributed by atoms with Crippen LogP contribution in [-0.2, 0) is 13.1 Å². The van der Waals surface area contributed by atoms with Crippen LogP contribution in [0.4, 0.5) is 0 Å². The molecule has 22 heavy (non-hydrogen) atoms. The van der Waals surface area contributed by atoms with Crippen molar-refractivity contribution in [2.45, 2.75) is 13.1 Å². The Bertz CT molecular complexity index is 417. The molecule has 0 atom stereocenters. The fourth-order valence-corrected chi connectivity index (χ4v) is 1.83. The average molecular weight is 301 g/mol. The van der Waals surface area contributed by atoms with E-state index < -0.39 is 0 Å². The van der Waals surface area contributed by atoms with Crippen molar-refractivity contribution >= 4 is 0 Å². The van der Waals surface area contributed by atoms with Gasteiger partial charge in [-0.15, -0.1) is 0 Å². The molecule has 0 saturated carbocycles. The maximum absolute atomic E-state index is 7.75. The summed E-state index contributed by atoms with van der Waals surface area (Å²) in [6.07, 6.45) is 0. The summed E-state index contributed by atoms with van der Waals surface area (Å²) in [6.45, 7) is 4.32.